The van der Waals surface area contributed by atoms with Gasteiger partial charge in [0.1, 0.15) is 10.6 Å². The molecule has 8 nitrogen and oxygen atoms in total. The third-order valence-corrected chi connectivity index (χ3v) is 8.06. The van der Waals surface area contributed by atoms with Gasteiger partial charge in [0.2, 0.25) is 10.0 Å². The predicted octanol–water partition coefficient (Wildman–Crippen LogP) is 2.33. The highest BCUT2D eigenvalue weighted by Crippen LogP contribution is 2.27. The van der Waals surface area contributed by atoms with Crippen LogP contribution in [0.25, 0.3) is 5.52 Å². The minimum Gasteiger partial charge on any atom is -0.347 e. The molecule has 1 fully saturated rings. The summed E-state index contributed by atoms with van der Waals surface area (Å²) in [6, 6.07) is 7.19. The molecule has 1 amide bonds. The van der Waals surface area contributed by atoms with Gasteiger partial charge in [-0.3, -0.25) is 4.79 Å². The molecule has 0 spiro atoms. The van der Waals surface area contributed by atoms with Crippen LogP contribution in [0.2, 0.25) is 0 Å². The van der Waals surface area contributed by atoms with Crippen molar-refractivity contribution in [3.63, 3.8) is 0 Å². The topological polar surface area (TPSA) is 88.7 Å². The SMILES string of the molecule is Cc1c(S(=O)(=O)N2CCC(C)CC2)cc(C(=O)NCc2cccn3nccc23)n1C. The molecule has 3 aromatic rings. The molecule has 9 heteroatoms. The Balaban J connectivity index is 1.55. The van der Waals surface area contributed by atoms with E-state index in [4.69, 9.17) is 0 Å². The molecule has 4 rings (SSSR count). The molecule has 4 heterocycles. The molecule has 1 saturated heterocycles. The number of piperidine rings is 1. The van der Waals surface area contributed by atoms with Crippen molar-refractivity contribution in [2.75, 3.05) is 13.1 Å². The molecule has 0 unspecified atom stereocenters. The van der Waals surface area contributed by atoms with Crippen molar-refractivity contribution in [3.05, 3.63) is 53.6 Å². The van der Waals surface area contributed by atoms with Crippen molar-refractivity contribution in [3.8, 4) is 0 Å². The summed E-state index contributed by atoms with van der Waals surface area (Å²) in [5.74, 6) is 0.228. The van der Waals surface area contributed by atoms with E-state index in [0.717, 1.165) is 23.9 Å². The Bertz CT molecular complexity index is 1190. The molecule has 160 valence electrons. The Labute approximate surface area is 176 Å². The standard InChI is InChI=1S/C21H27N5O3S/c1-15-7-11-25(12-8-15)30(28,29)20-13-19(24(3)16(20)2)21(27)22-14-17-5-4-10-26-18(17)6-9-23-26/h4-6,9-10,13,15H,7-8,11-12,14H2,1-3H3,(H,22,27). The van der Waals surface area contributed by atoms with E-state index in [1.165, 1.54) is 10.4 Å². The monoisotopic (exact) mass is 429 g/mol. The van der Waals surface area contributed by atoms with E-state index in [0.29, 0.717) is 36.9 Å². The van der Waals surface area contributed by atoms with E-state index in [-0.39, 0.29) is 10.8 Å². The first-order chi connectivity index (χ1) is 14.3. The Hall–Kier alpha value is -2.65. The van der Waals surface area contributed by atoms with Crippen molar-refractivity contribution in [2.45, 2.75) is 38.1 Å². The number of sulfonamides is 1. The van der Waals surface area contributed by atoms with Gasteiger partial charge < -0.3 is 9.88 Å². The lowest BCUT2D eigenvalue weighted by Crippen LogP contribution is -2.38. The lowest BCUT2D eigenvalue weighted by Gasteiger charge is -2.29. The lowest BCUT2D eigenvalue weighted by molar-refractivity contribution is 0.0942. The van der Waals surface area contributed by atoms with Gasteiger partial charge in [0.05, 0.1) is 5.52 Å². The number of hydrogen-bond donors (Lipinski definition) is 1. The summed E-state index contributed by atoms with van der Waals surface area (Å²) < 4.78 is 31.3. The number of rotatable bonds is 5. The number of carbonyl (C=O) groups excluding carboxylic acids is 1. The fraction of sp³-hybridized carbons (Fsp3) is 0.429. The Morgan fingerprint density at radius 1 is 1.27 bits per heavy atom. The van der Waals surface area contributed by atoms with E-state index in [9.17, 15) is 13.2 Å². The summed E-state index contributed by atoms with van der Waals surface area (Å²) in [5.41, 5.74) is 2.75. The molecule has 30 heavy (non-hydrogen) atoms. The number of aromatic nitrogens is 3. The number of hydrogen-bond acceptors (Lipinski definition) is 4. The van der Waals surface area contributed by atoms with Crippen molar-refractivity contribution < 1.29 is 13.2 Å². The van der Waals surface area contributed by atoms with Crippen molar-refractivity contribution in [2.24, 2.45) is 13.0 Å². The van der Waals surface area contributed by atoms with E-state index >= 15 is 0 Å². The summed E-state index contributed by atoms with van der Waals surface area (Å²) in [6.07, 6.45) is 5.27. The van der Waals surface area contributed by atoms with E-state index in [1.54, 1.807) is 29.3 Å². The first-order valence-electron chi connectivity index (χ1n) is 10.1. The Kier molecular flexibility index (Phi) is 5.42. The second-order valence-corrected chi connectivity index (χ2v) is 9.91. The largest absolute Gasteiger partial charge is 0.347 e. The number of pyridine rings is 1. The minimum atomic E-state index is -3.62. The van der Waals surface area contributed by atoms with Gasteiger partial charge in [0.25, 0.3) is 5.91 Å². The van der Waals surface area contributed by atoms with Gasteiger partial charge in [-0.05, 0) is 49.4 Å². The zero-order chi connectivity index (χ0) is 21.5. The summed E-state index contributed by atoms with van der Waals surface area (Å²) in [6.45, 7) is 5.25. The highest BCUT2D eigenvalue weighted by molar-refractivity contribution is 7.89. The summed E-state index contributed by atoms with van der Waals surface area (Å²) in [5, 5.41) is 7.10. The van der Waals surface area contributed by atoms with E-state index in [1.807, 2.05) is 24.4 Å². The van der Waals surface area contributed by atoms with Crippen LogP contribution < -0.4 is 5.32 Å². The van der Waals surface area contributed by atoms with Crippen molar-refractivity contribution in [1.82, 2.24) is 23.8 Å². The molecule has 1 N–H and O–H groups in total. The molecule has 0 bridgehead atoms. The van der Waals surface area contributed by atoms with Crippen LogP contribution in [0.5, 0.6) is 0 Å². The van der Waals surface area contributed by atoms with Gasteiger partial charge in [0, 0.05) is 44.8 Å². The van der Waals surface area contributed by atoms with Crippen LogP contribution in [0.1, 0.15) is 41.5 Å². The van der Waals surface area contributed by atoms with Gasteiger partial charge in [-0.15, -0.1) is 0 Å². The number of carbonyl (C=O) groups is 1. The third-order valence-electron chi connectivity index (χ3n) is 6.05. The normalized spacial score (nSPS) is 16.2. The minimum absolute atomic E-state index is 0.211. The van der Waals surface area contributed by atoms with Gasteiger partial charge in [-0.2, -0.15) is 9.40 Å². The average Bonchev–Trinajstić information content (AvgIpc) is 3.32. The fourth-order valence-corrected chi connectivity index (χ4v) is 5.68. The molecule has 0 radical (unpaired) electrons. The molecule has 0 aromatic carbocycles. The van der Waals surface area contributed by atoms with Gasteiger partial charge in [-0.1, -0.05) is 13.0 Å². The number of nitrogens with zero attached hydrogens (tertiary/aromatic N) is 4. The Morgan fingerprint density at radius 3 is 2.73 bits per heavy atom. The molecule has 1 aliphatic heterocycles. The maximum atomic E-state index is 13.2. The van der Waals surface area contributed by atoms with Crippen molar-refractivity contribution >= 4 is 21.4 Å². The molecule has 1 aliphatic rings. The molecule has 0 aliphatic carbocycles. The summed E-state index contributed by atoms with van der Waals surface area (Å²) in [7, 11) is -1.90. The highest BCUT2D eigenvalue weighted by atomic mass is 32.2. The summed E-state index contributed by atoms with van der Waals surface area (Å²) >= 11 is 0. The summed E-state index contributed by atoms with van der Waals surface area (Å²) in [4.78, 5) is 13.1. The maximum Gasteiger partial charge on any atom is 0.268 e. The van der Waals surface area contributed by atoms with Crippen LogP contribution in [0.4, 0.5) is 0 Å². The smallest absolute Gasteiger partial charge is 0.268 e. The lowest BCUT2D eigenvalue weighted by atomic mass is 10.0. The first kappa shape index (κ1) is 20.6. The Morgan fingerprint density at radius 2 is 2.00 bits per heavy atom. The predicted molar refractivity (Wildman–Crippen MR) is 114 cm³/mol. The molecular formula is C21H27N5O3S. The third kappa shape index (κ3) is 3.63. The zero-order valence-corrected chi connectivity index (χ0v) is 18.3. The zero-order valence-electron chi connectivity index (χ0n) is 17.5. The van der Waals surface area contributed by atoms with Crippen LogP contribution in [0, 0.1) is 12.8 Å². The first-order valence-corrected chi connectivity index (χ1v) is 11.6. The highest BCUT2D eigenvalue weighted by Gasteiger charge is 2.32. The molecule has 0 saturated carbocycles. The number of amides is 1. The second-order valence-electron chi connectivity index (χ2n) is 8.00. The van der Waals surface area contributed by atoms with Gasteiger partial charge in [-0.25, -0.2) is 12.9 Å². The fourth-order valence-electron chi connectivity index (χ4n) is 3.94. The molecular weight excluding hydrogens is 402 g/mol. The average molecular weight is 430 g/mol. The van der Waals surface area contributed by atoms with E-state index < -0.39 is 10.0 Å². The van der Waals surface area contributed by atoms with Crippen LogP contribution in [-0.4, -0.2) is 45.9 Å². The second kappa shape index (κ2) is 7.88. The van der Waals surface area contributed by atoms with Gasteiger partial charge in [0.15, 0.2) is 0 Å². The van der Waals surface area contributed by atoms with Crippen LogP contribution in [0.3, 0.4) is 0 Å². The quantitative estimate of drug-likeness (QED) is 0.674. The number of fused-ring (bicyclic) bond motifs is 1. The maximum absolute atomic E-state index is 13.2. The molecule has 0 atom stereocenters. The van der Waals surface area contributed by atoms with Gasteiger partial charge >= 0.3 is 0 Å². The van der Waals surface area contributed by atoms with Crippen molar-refractivity contribution in [1.29, 1.82) is 0 Å². The van der Waals surface area contributed by atoms with E-state index in [2.05, 4.69) is 17.3 Å². The number of nitrogens with one attached hydrogen (secondary N) is 1. The molecule has 3 aromatic heterocycles. The van der Waals surface area contributed by atoms with Crippen LogP contribution >= 0.6 is 0 Å². The van der Waals surface area contributed by atoms with Crippen LogP contribution in [0.15, 0.2) is 41.6 Å². The van der Waals surface area contributed by atoms with Crippen LogP contribution in [-0.2, 0) is 23.6 Å².